The van der Waals surface area contributed by atoms with Gasteiger partial charge in [0.2, 0.25) is 0 Å². The molecule has 3 rings (SSSR count). The number of hydrogen-bond acceptors (Lipinski definition) is 6. The highest BCUT2D eigenvalue weighted by atomic mass is 79.9. The number of non-ortho nitro benzene ring substituents is 1. The molecule has 8 heteroatoms. The van der Waals surface area contributed by atoms with Crippen LogP contribution in [0.15, 0.2) is 65.1 Å². The minimum Gasteiger partial charge on any atom is -0.490 e. The van der Waals surface area contributed by atoms with Crippen molar-refractivity contribution in [1.82, 2.24) is 5.32 Å². The van der Waals surface area contributed by atoms with Gasteiger partial charge in [-0.2, -0.15) is 0 Å². The minimum absolute atomic E-state index is 0.0839. The second kappa shape index (κ2) is 12.2. The molecule has 174 valence electrons. The van der Waals surface area contributed by atoms with Crippen LogP contribution < -0.4 is 20.1 Å². The van der Waals surface area contributed by atoms with Crippen molar-refractivity contribution in [3.05, 3.63) is 91.9 Å². The van der Waals surface area contributed by atoms with E-state index in [1.165, 1.54) is 17.7 Å². The average Bonchev–Trinajstić information content (AvgIpc) is 2.80. The number of nitrogens with one attached hydrogen (secondary N) is 2. The van der Waals surface area contributed by atoms with Gasteiger partial charge in [-0.15, -0.1) is 0 Å². The first-order chi connectivity index (χ1) is 16.0. The summed E-state index contributed by atoms with van der Waals surface area (Å²) in [5.74, 6) is 1.40. The van der Waals surface area contributed by atoms with Crippen LogP contribution in [-0.2, 0) is 13.2 Å². The first-order valence-corrected chi connectivity index (χ1v) is 11.6. The number of rotatable bonds is 12. The van der Waals surface area contributed by atoms with Gasteiger partial charge in [-0.05, 0) is 65.2 Å². The molecule has 0 radical (unpaired) electrons. The van der Waals surface area contributed by atoms with Gasteiger partial charge in [0.1, 0.15) is 6.61 Å². The molecule has 0 unspecified atom stereocenters. The number of nitro groups is 1. The zero-order chi connectivity index (χ0) is 23.6. The van der Waals surface area contributed by atoms with Gasteiger partial charge < -0.3 is 20.1 Å². The van der Waals surface area contributed by atoms with Gasteiger partial charge in [-0.3, -0.25) is 10.1 Å². The Hall–Kier alpha value is -3.10. The molecular formula is C25H28BrN3O4. The number of anilines is 1. The normalized spacial score (nSPS) is 10.6. The van der Waals surface area contributed by atoms with Gasteiger partial charge in [0.05, 0.1) is 16.0 Å². The summed E-state index contributed by atoms with van der Waals surface area (Å²) in [6, 6.07) is 18.7. The lowest BCUT2D eigenvalue weighted by Gasteiger charge is -2.16. The molecule has 2 N–H and O–H groups in total. The van der Waals surface area contributed by atoms with Crippen LogP contribution in [0.2, 0.25) is 0 Å². The van der Waals surface area contributed by atoms with Crippen molar-refractivity contribution in [1.29, 1.82) is 0 Å². The molecule has 0 amide bonds. The second-order valence-corrected chi connectivity index (χ2v) is 8.37. The fourth-order valence-electron chi connectivity index (χ4n) is 3.20. The molecule has 0 aliphatic heterocycles. The molecule has 3 aromatic carbocycles. The number of aryl methyl sites for hydroxylation is 1. The Morgan fingerprint density at radius 1 is 0.970 bits per heavy atom. The third-order valence-electron chi connectivity index (χ3n) is 4.91. The molecule has 0 spiro atoms. The topological polar surface area (TPSA) is 85.7 Å². The Labute approximate surface area is 202 Å². The van der Waals surface area contributed by atoms with Gasteiger partial charge >= 0.3 is 0 Å². The molecule has 0 fully saturated rings. The zero-order valence-corrected chi connectivity index (χ0v) is 20.4. The first-order valence-electron chi connectivity index (χ1n) is 10.8. The fraction of sp³-hybridized carbons (Fsp3) is 0.280. The number of ether oxygens (including phenoxy) is 2. The van der Waals surface area contributed by atoms with Crippen molar-refractivity contribution in [2.75, 3.05) is 25.0 Å². The molecule has 0 aliphatic carbocycles. The largest absolute Gasteiger partial charge is 0.490 e. The smallest absolute Gasteiger partial charge is 0.269 e. The lowest BCUT2D eigenvalue weighted by Crippen LogP contribution is -2.21. The predicted octanol–water partition coefficient (Wildman–Crippen LogP) is 5.85. The molecular weight excluding hydrogens is 486 g/mol. The quantitative estimate of drug-likeness (QED) is 0.179. The van der Waals surface area contributed by atoms with Gasteiger partial charge in [-0.25, -0.2) is 0 Å². The highest BCUT2D eigenvalue weighted by Gasteiger charge is 2.13. The predicted molar refractivity (Wildman–Crippen MR) is 134 cm³/mol. The maximum atomic E-state index is 10.7. The molecule has 3 aromatic rings. The van der Waals surface area contributed by atoms with Crippen molar-refractivity contribution in [3.63, 3.8) is 0 Å². The maximum absolute atomic E-state index is 10.7. The highest BCUT2D eigenvalue weighted by molar-refractivity contribution is 9.10. The molecule has 33 heavy (non-hydrogen) atoms. The van der Waals surface area contributed by atoms with Gasteiger partial charge in [0.15, 0.2) is 11.5 Å². The molecule has 0 bridgehead atoms. The Balaban J connectivity index is 1.52. The molecule has 0 atom stereocenters. The third kappa shape index (κ3) is 7.47. The van der Waals surface area contributed by atoms with Gasteiger partial charge in [-0.1, -0.05) is 29.8 Å². The van der Waals surface area contributed by atoms with Gasteiger partial charge in [0.25, 0.3) is 5.69 Å². The van der Waals surface area contributed by atoms with Crippen molar-refractivity contribution in [2.24, 2.45) is 0 Å². The van der Waals surface area contributed by atoms with Crippen LogP contribution in [-0.4, -0.2) is 24.6 Å². The molecule has 0 aliphatic rings. The van der Waals surface area contributed by atoms with Crippen LogP contribution in [0.4, 0.5) is 11.4 Å². The summed E-state index contributed by atoms with van der Waals surface area (Å²) in [6.07, 6.45) is 0. The first kappa shape index (κ1) is 24.5. The van der Waals surface area contributed by atoms with Crippen molar-refractivity contribution < 1.29 is 14.4 Å². The van der Waals surface area contributed by atoms with E-state index in [9.17, 15) is 10.1 Å². The summed E-state index contributed by atoms with van der Waals surface area (Å²) >= 11 is 3.63. The molecule has 7 nitrogen and oxygen atoms in total. The monoisotopic (exact) mass is 513 g/mol. The average molecular weight is 514 g/mol. The SMILES string of the molecule is CCOc1cc(CNCCNc2ccc([N+](=O)[O-])cc2)cc(Br)c1OCc1ccc(C)cc1. The lowest BCUT2D eigenvalue weighted by molar-refractivity contribution is -0.384. The van der Waals surface area contributed by atoms with Crippen molar-refractivity contribution in [3.8, 4) is 11.5 Å². The number of nitro benzene ring substituents is 1. The summed E-state index contributed by atoms with van der Waals surface area (Å²) in [4.78, 5) is 10.3. The molecule has 0 saturated carbocycles. The lowest BCUT2D eigenvalue weighted by atomic mass is 10.1. The van der Waals surface area contributed by atoms with Crippen LogP contribution in [0.25, 0.3) is 0 Å². The van der Waals surface area contributed by atoms with Crippen molar-refractivity contribution >= 4 is 27.3 Å². The zero-order valence-electron chi connectivity index (χ0n) is 18.8. The van der Waals surface area contributed by atoms with Crippen LogP contribution in [0.5, 0.6) is 11.5 Å². The number of hydrogen-bond donors (Lipinski definition) is 2. The Bertz CT molecular complexity index is 1060. The summed E-state index contributed by atoms with van der Waals surface area (Å²) in [7, 11) is 0. The fourth-order valence-corrected chi connectivity index (χ4v) is 3.80. The summed E-state index contributed by atoms with van der Waals surface area (Å²) < 4.78 is 12.8. The van der Waals surface area contributed by atoms with E-state index in [0.717, 1.165) is 27.8 Å². The van der Waals surface area contributed by atoms with Crippen LogP contribution in [0.3, 0.4) is 0 Å². The molecule has 0 aromatic heterocycles. The summed E-state index contributed by atoms with van der Waals surface area (Å²) in [5, 5.41) is 17.4. The standard InChI is InChI=1S/C25H28BrN3O4/c1-3-32-24-15-20(14-23(26)25(24)33-17-19-6-4-18(2)5-7-19)16-27-12-13-28-21-8-10-22(11-9-21)29(30)31/h4-11,14-15,27-28H,3,12-13,16-17H2,1-2H3. The minimum atomic E-state index is -0.404. The Kier molecular flexibility index (Phi) is 9.09. The van der Waals surface area contributed by atoms with E-state index >= 15 is 0 Å². The summed E-state index contributed by atoms with van der Waals surface area (Å²) in [6.45, 7) is 7.10. The Morgan fingerprint density at radius 2 is 1.70 bits per heavy atom. The van der Waals surface area contributed by atoms with E-state index in [4.69, 9.17) is 9.47 Å². The van der Waals surface area contributed by atoms with E-state index in [0.29, 0.717) is 37.8 Å². The maximum Gasteiger partial charge on any atom is 0.269 e. The van der Waals surface area contributed by atoms with Gasteiger partial charge in [0, 0.05) is 37.5 Å². The van der Waals surface area contributed by atoms with E-state index < -0.39 is 4.92 Å². The second-order valence-electron chi connectivity index (χ2n) is 7.52. The Morgan fingerprint density at radius 3 is 2.36 bits per heavy atom. The van der Waals surface area contributed by atoms with E-state index in [1.54, 1.807) is 12.1 Å². The van der Waals surface area contributed by atoms with E-state index in [1.807, 2.05) is 19.1 Å². The number of nitrogens with zero attached hydrogens (tertiary/aromatic N) is 1. The van der Waals surface area contributed by atoms with Crippen LogP contribution in [0.1, 0.15) is 23.6 Å². The van der Waals surface area contributed by atoms with E-state index in [2.05, 4.69) is 57.8 Å². The molecule has 0 heterocycles. The molecule has 0 saturated heterocycles. The number of halogens is 1. The third-order valence-corrected chi connectivity index (χ3v) is 5.50. The van der Waals surface area contributed by atoms with Crippen LogP contribution in [0, 0.1) is 17.0 Å². The van der Waals surface area contributed by atoms with E-state index in [-0.39, 0.29) is 5.69 Å². The van der Waals surface area contributed by atoms with Crippen LogP contribution >= 0.6 is 15.9 Å². The number of benzene rings is 3. The highest BCUT2D eigenvalue weighted by Crippen LogP contribution is 2.37. The summed E-state index contributed by atoms with van der Waals surface area (Å²) in [5.41, 5.74) is 4.32. The van der Waals surface area contributed by atoms with Crippen molar-refractivity contribution in [2.45, 2.75) is 27.0 Å².